The molecule has 0 unspecified atom stereocenters. The van der Waals surface area contributed by atoms with E-state index >= 15 is 0 Å². The molecule has 0 aliphatic carbocycles. The highest BCUT2D eigenvalue weighted by Gasteiger charge is 2.21. The first-order valence-electron chi connectivity index (χ1n) is 9.03. The van der Waals surface area contributed by atoms with Crippen molar-refractivity contribution in [2.24, 2.45) is 0 Å². The second kappa shape index (κ2) is 8.39. The van der Waals surface area contributed by atoms with Crippen LogP contribution in [0.25, 0.3) is 0 Å². The Bertz CT molecular complexity index is 1250. The Morgan fingerprint density at radius 2 is 2.00 bits per heavy atom. The molecular formula is C20H19ClN6O3. The highest BCUT2D eigenvalue weighted by Crippen LogP contribution is 2.29. The number of nitrogens with one attached hydrogen (secondary N) is 1. The monoisotopic (exact) mass is 426 g/mol. The number of nitrogen functional groups attached to an aromatic ring is 1. The van der Waals surface area contributed by atoms with Crippen molar-refractivity contribution >= 4 is 17.4 Å². The van der Waals surface area contributed by atoms with Gasteiger partial charge in [-0.25, -0.2) is 14.8 Å². The summed E-state index contributed by atoms with van der Waals surface area (Å²) in [6.07, 6.45) is 0. The average Bonchev–Trinajstić information content (AvgIpc) is 2.63. The molecule has 0 saturated carbocycles. The average molecular weight is 427 g/mol. The molecule has 2 heterocycles. The summed E-state index contributed by atoms with van der Waals surface area (Å²) in [6.45, 7) is 5.37. The minimum Gasteiger partial charge on any atom is -0.440 e. The number of aromatic amines is 1. The number of nitrogens with zero attached hydrogens (tertiary/aromatic N) is 4. The van der Waals surface area contributed by atoms with Crippen molar-refractivity contribution in [2.75, 3.05) is 5.73 Å². The van der Waals surface area contributed by atoms with Crippen LogP contribution in [0.3, 0.4) is 0 Å². The first-order chi connectivity index (χ1) is 14.2. The fraction of sp³-hybridized carbons (Fsp3) is 0.250. The zero-order valence-corrected chi connectivity index (χ0v) is 17.3. The molecule has 0 amide bonds. The molecule has 9 nitrogen and oxygen atoms in total. The lowest BCUT2D eigenvalue weighted by atomic mass is 10.1. The normalized spacial score (nSPS) is 10.8. The van der Waals surface area contributed by atoms with Crippen molar-refractivity contribution < 1.29 is 4.74 Å². The second-order valence-electron chi connectivity index (χ2n) is 7.02. The lowest BCUT2D eigenvalue weighted by molar-refractivity contribution is 0.409. The molecule has 0 atom stereocenters. The van der Waals surface area contributed by atoms with Gasteiger partial charge in [-0.2, -0.15) is 5.26 Å². The molecule has 2 aromatic heterocycles. The number of halogens is 1. The number of anilines is 1. The van der Waals surface area contributed by atoms with E-state index in [2.05, 4.69) is 21.0 Å². The van der Waals surface area contributed by atoms with Gasteiger partial charge in [-0.05, 0) is 48.2 Å². The fourth-order valence-corrected chi connectivity index (χ4v) is 3.25. The predicted octanol–water partition coefficient (Wildman–Crippen LogP) is 2.71. The van der Waals surface area contributed by atoms with E-state index in [4.69, 9.17) is 22.1 Å². The van der Waals surface area contributed by atoms with Crippen LogP contribution in [0.5, 0.6) is 11.6 Å². The minimum atomic E-state index is -0.680. The first-order valence-corrected chi connectivity index (χ1v) is 9.41. The molecule has 3 aromatic rings. The van der Waals surface area contributed by atoms with Crippen molar-refractivity contribution in [2.45, 2.75) is 33.2 Å². The van der Waals surface area contributed by atoms with Crippen LogP contribution in [-0.2, 0) is 6.54 Å². The van der Waals surface area contributed by atoms with E-state index in [1.165, 1.54) is 16.7 Å². The van der Waals surface area contributed by atoms with Gasteiger partial charge in [0.2, 0.25) is 11.2 Å². The lowest BCUT2D eigenvalue weighted by Gasteiger charge is -2.18. The predicted molar refractivity (Wildman–Crippen MR) is 112 cm³/mol. The Morgan fingerprint density at radius 1 is 1.27 bits per heavy atom. The van der Waals surface area contributed by atoms with Crippen molar-refractivity contribution in [3.63, 3.8) is 0 Å². The van der Waals surface area contributed by atoms with Gasteiger partial charge in [0, 0.05) is 6.07 Å². The van der Waals surface area contributed by atoms with Gasteiger partial charge >= 0.3 is 5.69 Å². The summed E-state index contributed by atoms with van der Waals surface area (Å²) in [4.78, 5) is 35.4. The Kier molecular flexibility index (Phi) is 5.89. The highest BCUT2D eigenvalue weighted by atomic mass is 35.5. The minimum absolute atomic E-state index is 0.0570. The number of hydrogen-bond acceptors (Lipinski definition) is 7. The maximum Gasteiger partial charge on any atom is 0.331 e. The number of hydrogen-bond donors (Lipinski definition) is 2. The van der Waals surface area contributed by atoms with Gasteiger partial charge in [-0.1, -0.05) is 13.8 Å². The number of ether oxygens (including phenoxy) is 1. The summed E-state index contributed by atoms with van der Waals surface area (Å²) in [5, 5.41) is 9.17. The summed E-state index contributed by atoms with van der Waals surface area (Å²) >= 11 is 5.87. The van der Waals surface area contributed by atoms with Gasteiger partial charge in [-0.3, -0.25) is 14.3 Å². The first kappa shape index (κ1) is 21.1. The number of H-pyrrole nitrogens is 1. The fourth-order valence-electron chi connectivity index (χ4n) is 3.04. The Balaban J connectivity index is 2.21. The Morgan fingerprint density at radius 3 is 2.63 bits per heavy atom. The van der Waals surface area contributed by atoms with E-state index < -0.39 is 11.2 Å². The maximum atomic E-state index is 12.7. The SMILES string of the molecule is Cc1cc(C#N)cc(Oc2c(C(C)C)c(=O)[nH]c(=O)n2Cc2cc(N)nc(Cl)n2)c1. The smallest absolute Gasteiger partial charge is 0.331 e. The van der Waals surface area contributed by atoms with Crippen molar-refractivity contribution in [1.29, 1.82) is 5.26 Å². The van der Waals surface area contributed by atoms with Gasteiger partial charge in [0.25, 0.3) is 5.56 Å². The second-order valence-corrected chi connectivity index (χ2v) is 7.36. The van der Waals surface area contributed by atoms with Gasteiger partial charge < -0.3 is 10.5 Å². The van der Waals surface area contributed by atoms with E-state index in [1.54, 1.807) is 12.1 Å². The lowest BCUT2D eigenvalue weighted by Crippen LogP contribution is -2.34. The van der Waals surface area contributed by atoms with Crippen LogP contribution in [0.2, 0.25) is 5.28 Å². The molecule has 0 aliphatic heterocycles. The number of nitriles is 1. The maximum absolute atomic E-state index is 12.7. The summed E-state index contributed by atoms with van der Waals surface area (Å²) in [5.74, 6) is 0.273. The van der Waals surface area contributed by atoms with Gasteiger partial charge in [-0.15, -0.1) is 0 Å². The summed E-state index contributed by atoms with van der Waals surface area (Å²) < 4.78 is 7.24. The zero-order chi connectivity index (χ0) is 22.0. The van der Waals surface area contributed by atoms with Gasteiger partial charge in [0.05, 0.1) is 29.4 Å². The molecule has 0 radical (unpaired) electrons. The van der Waals surface area contributed by atoms with E-state index in [0.717, 1.165) is 5.56 Å². The van der Waals surface area contributed by atoms with Crippen molar-refractivity contribution in [3.05, 3.63) is 72.8 Å². The Labute approximate surface area is 176 Å². The molecule has 0 aliphatic rings. The Hall–Kier alpha value is -3.64. The third-order valence-electron chi connectivity index (χ3n) is 4.25. The van der Waals surface area contributed by atoms with Crippen LogP contribution in [0.4, 0.5) is 5.82 Å². The van der Waals surface area contributed by atoms with Crippen molar-refractivity contribution in [3.8, 4) is 17.7 Å². The molecule has 1 aromatic carbocycles. The number of nitrogens with two attached hydrogens (primary N) is 1. The number of benzene rings is 1. The summed E-state index contributed by atoms with van der Waals surface area (Å²) in [6, 6.07) is 8.48. The molecule has 3 N–H and O–H groups in total. The third kappa shape index (κ3) is 4.50. The summed E-state index contributed by atoms with van der Waals surface area (Å²) in [7, 11) is 0. The molecule has 0 bridgehead atoms. The molecular weight excluding hydrogens is 408 g/mol. The zero-order valence-electron chi connectivity index (χ0n) is 16.6. The summed E-state index contributed by atoms with van der Waals surface area (Å²) in [5.41, 5.74) is 6.33. The van der Waals surface area contributed by atoms with E-state index in [1.807, 2.05) is 20.8 Å². The van der Waals surface area contributed by atoms with Crippen LogP contribution in [0, 0.1) is 18.3 Å². The largest absolute Gasteiger partial charge is 0.440 e. The number of aryl methyl sites for hydroxylation is 1. The molecule has 30 heavy (non-hydrogen) atoms. The number of rotatable bonds is 5. The molecule has 154 valence electrons. The third-order valence-corrected chi connectivity index (χ3v) is 4.42. The van der Waals surface area contributed by atoms with Crippen molar-refractivity contribution in [1.82, 2.24) is 19.5 Å². The van der Waals surface area contributed by atoms with Gasteiger partial charge in [0.1, 0.15) is 11.6 Å². The van der Waals surface area contributed by atoms with E-state index in [0.29, 0.717) is 17.0 Å². The standard InChI is InChI=1S/C20H19ClN6O3/c1-10(2)16-17(28)26-20(29)27(9-13-7-15(23)25-19(21)24-13)18(16)30-14-5-11(3)4-12(6-14)8-22/h4-7,10H,9H2,1-3H3,(H2,23,24,25)(H,26,28,29). The molecule has 0 saturated heterocycles. The van der Waals surface area contributed by atoms with Gasteiger partial charge in [0.15, 0.2) is 0 Å². The quantitative estimate of drug-likeness (QED) is 0.597. The van der Waals surface area contributed by atoms with Crippen LogP contribution in [0.1, 0.15) is 42.1 Å². The van der Waals surface area contributed by atoms with E-state index in [-0.39, 0.29) is 35.0 Å². The molecule has 0 fully saturated rings. The highest BCUT2D eigenvalue weighted by molar-refractivity contribution is 6.28. The molecule has 10 heteroatoms. The topological polar surface area (TPSA) is 140 Å². The van der Waals surface area contributed by atoms with Crippen LogP contribution in [0.15, 0.2) is 33.9 Å². The molecule has 0 spiro atoms. The van der Waals surface area contributed by atoms with Crippen LogP contribution in [-0.4, -0.2) is 19.5 Å². The molecule has 3 rings (SSSR count). The van der Waals surface area contributed by atoms with E-state index in [9.17, 15) is 14.9 Å². The van der Waals surface area contributed by atoms with Crippen LogP contribution >= 0.6 is 11.6 Å². The van der Waals surface area contributed by atoms with Crippen LogP contribution < -0.4 is 21.7 Å². The number of aromatic nitrogens is 4.